The second kappa shape index (κ2) is 6.79. The minimum Gasteiger partial charge on any atom is -0.317 e. The summed E-state index contributed by atoms with van der Waals surface area (Å²) in [6, 6.07) is 0.942. The van der Waals surface area contributed by atoms with Crippen LogP contribution in [0.2, 0.25) is 0 Å². The van der Waals surface area contributed by atoms with Crippen molar-refractivity contribution >= 4 is 0 Å². The molecule has 1 aliphatic heterocycles. The van der Waals surface area contributed by atoms with Crippen molar-refractivity contribution in [2.75, 3.05) is 26.2 Å². The molecule has 3 fully saturated rings. The van der Waals surface area contributed by atoms with Gasteiger partial charge in [0.15, 0.2) is 0 Å². The normalized spacial score (nSPS) is 30.6. The van der Waals surface area contributed by atoms with Gasteiger partial charge in [0.05, 0.1) is 0 Å². The third kappa shape index (κ3) is 3.06. The van der Waals surface area contributed by atoms with Crippen LogP contribution in [0.15, 0.2) is 0 Å². The number of nitrogens with zero attached hydrogens (tertiary/aromatic N) is 1. The molecule has 3 rings (SSSR count). The van der Waals surface area contributed by atoms with Crippen LogP contribution in [0.5, 0.6) is 0 Å². The van der Waals surface area contributed by atoms with Crippen LogP contribution in [0.1, 0.15) is 71.1 Å². The molecule has 1 unspecified atom stereocenters. The summed E-state index contributed by atoms with van der Waals surface area (Å²) in [5.41, 5.74) is 0.750. The largest absolute Gasteiger partial charge is 0.317 e. The zero-order valence-electron chi connectivity index (χ0n) is 13.5. The number of hydrogen-bond acceptors (Lipinski definition) is 2. The smallest absolute Gasteiger partial charge is 0.0152 e. The minimum atomic E-state index is 0.750. The Balaban J connectivity index is 1.60. The lowest BCUT2D eigenvalue weighted by Crippen LogP contribution is -2.57. The van der Waals surface area contributed by atoms with Gasteiger partial charge in [-0.25, -0.2) is 0 Å². The van der Waals surface area contributed by atoms with Crippen molar-refractivity contribution in [2.24, 2.45) is 11.3 Å². The molecule has 0 amide bonds. The van der Waals surface area contributed by atoms with Crippen molar-refractivity contribution in [3.63, 3.8) is 0 Å². The molecular weight excluding hydrogens is 244 g/mol. The monoisotopic (exact) mass is 278 g/mol. The summed E-state index contributed by atoms with van der Waals surface area (Å²) in [5, 5.41) is 3.52. The molecule has 0 aromatic heterocycles. The lowest BCUT2D eigenvalue weighted by Gasteiger charge is -2.57. The molecule has 2 heteroatoms. The predicted octanol–water partition coefficient (Wildman–Crippen LogP) is 3.81. The van der Waals surface area contributed by atoms with Gasteiger partial charge in [-0.2, -0.15) is 0 Å². The van der Waals surface area contributed by atoms with Crippen LogP contribution < -0.4 is 5.32 Å². The summed E-state index contributed by atoms with van der Waals surface area (Å²) in [5.74, 6) is 0.962. The molecule has 0 bridgehead atoms. The van der Waals surface area contributed by atoms with Crippen LogP contribution in [-0.4, -0.2) is 37.1 Å². The van der Waals surface area contributed by atoms with E-state index < -0.39 is 0 Å². The van der Waals surface area contributed by atoms with E-state index in [4.69, 9.17) is 0 Å². The predicted molar refractivity (Wildman–Crippen MR) is 86.0 cm³/mol. The van der Waals surface area contributed by atoms with Crippen LogP contribution in [-0.2, 0) is 0 Å². The number of rotatable bonds is 5. The third-order valence-corrected chi connectivity index (χ3v) is 6.37. The minimum absolute atomic E-state index is 0.750. The van der Waals surface area contributed by atoms with E-state index in [1.165, 1.54) is 90.4 Å². The summed E-state index contributed by atoms with van der Waals surface area (Å²) < 4.78 is 0. The van der Waals surface area contributed by atoms with Crippen LogP contribution in [0, 0.1) is 11.3 Å². The van der Waals surface area contributed by atoms with Crippen LogP contribution in [0.4, 0.5) is 0 Å². The molecule has 0 aromatic carbocycles. The Morgan fingerprint density at radius 3 is 2.35 bits per heavy atom. The highest BCUT2D eigenvalue weighted by atomic mass is 15.2. The zero-order chi connectivity index (χ0) is 13.8. The van der Waals surface area contributed by atoms with Crippen molar-refractivity contribution in [1.29, 1.82) is 0 Å². The molecule has 1 atom stereocenters. The lowest BCUT2D eigenvalue weighted by molar-refractivity contribution is -0.0595. The van der Waals surface area contributed by atoms with Gasteiger partial charge in [0.25, 0.3) is 0 Å². The standard InChI is InChI=1S/C18H34N2/c1-2-14-20(15-16-7-12-19-13-8-16)17-6-11-18(17)9-4-3-5-10-18/h16-17,19H,2-15H2,1H3. The Morgan fingerprint density at radius 1 is 1.00 bits per heavy atom. The molecule has 1 heterocycles. The second-order valence-corrected chi connectivity index (χ2v) is 7.67. The third-order valence-electron chi connectivity index (χ3n) is 6.37. The number of nitrogens with one attached hydrogen (secondary N) is 1. The highest BCUT2D eigenvalue weighted by molar-refractivity contribution is 5.03. The summed E-state index contributed by atoms with van der Waals surface area (Å²) in [4.78, 5) is 2.92. The first kappa shape index (κ1) is 14.8. The van der Waals surface area contributed by atoms with Gasteiger partial charge in [0.1, 0.15) is 0 Å². The van der Waals surface area contributed by atoms with Gasteiger partial charge in [-0.05, 0) is 75.9 Å². The van der Waals surface area contributed by atoms with Crippen LogP contribution in [0.3, 0.4) is 0 Å². The van der Waals surface area contributed by atoms with Crippen molar-refractivity contribution in [2.45, 2.75) is 77.2 Å². The molecule has 2 saturated carbocycles. The average molecular weight is 278 g/mol. The Bertz CT molecular complexity index is 290. The molecule has 0 aromatic rings. The van der Waals surface area contributed by atoms with Crippen molar-refractivity contribution < 1.29 is 0 Å². The van der Waals surface area contributed by atoms with Crippen molar-refractivity contribution in [3.8, 4) is 0 Å². The lowest BCUT2D eigenvalue weighted by atomic mass is 9.56. The van der Waals surface area contributed by atoms with E-state index in [2.05, 4.69) is 17.1 Å². The Kier molecular flexibility index (Phi) is 5.04. The Labute approximate surface area is 125 Å². The van der Waals surface area contributed by atoms with E-state index in [9.17, 15) is 0 Å². The van der Waals surface area contributed by atoms with E-state index in [1.54, 1.807) is 0 Å². The van der Waals surface area contributed by atoms with Gasteiger partial charge in [0, 0.05) is 12.6 Å². The SMILES string of the molecule is CCCN(CC1CCNCC1)C1CCC12CCCCC2. The molecule has 1 spiro atoms. The molecule has 2 nitrogen and oxygen atoms in total. The molecule has 1 N–H and O–H groups in total. The van der Waals surface area contributed by atoms with Crippen LogP contribution in [0.25, 0.3) is 0 Å². The van der Waals surface area contributed by atoms with Gasteiger partial charge in [-0.15, -0.1) is 0 Å². The maximum atomic E-state index is 3.52. The van der Waals surface area contributed by atoms with Crippen LogP contribution >= 0.6 is 0 Å². The number of piperidine rings is 1. The summed E-state index contributed by atoms with van der Waals surface area (Å²) >= 11 is 0. The molecule has 116 valence electrons. The van der Waals surface area contributed by atoms with Gasteiger partial charge >= 0.3 is 0 Å². The molecule has 2 aliphatic carbocycles. The highest BCUT2D eigenvalue weighted by Crippen LogP contribution is 2.54. The molecule has 0 radical (unpaired) electrons. The summed E-state index contributed by atoms with van der Waals surface area (Å²) in [7, 11) is 0. The fourth-order valence-corrected chi connectivity index (χ4v) is 5.15. The molecular formula is C18H34N2. The summed E-state index contributed by atoms with van der Waals surface area (Å²) in [6.07, 6.45) is 14.7. The van der Waals surface area contributed by atoms with Gasteiger partial charge in [0.2, 0.25) is 0 Å². The van der Waals surface area contributed by atoms with Crippen molar-refractivity contribution in [1.82, 2.24) is 10.2 Å². The first-order valence-corrected chi connectivity index (χ1v) is 9.29. The molecule has 1 saturated heterocycles. The Morgan fingerprint density at radius 2 is 1.75 bits per heavy atom. The fraction of sp³-hybridized carbons (Fsp3) is 1.00. The topological polar surface area (TPSA) is 15.3 Å². The van der Waals surface area contributed by atoms with Gasteiger partial charge < -0.3 is 5.32 Å². The maximum absolute atomic E-state index is 3.52. The van der Waals surface area contributed by atoms with Gasteiger partial charge in [-0.3, -0.25) is 4.90 Å². The van der Waals surface area contributed by atoms with E-state index >= 15 is 0 Å². The fourth-order valence-electron chi connectivity index (χ4n) is 5.15. The molecule has 20 heavy (non-hydrogen) atoms. The van der Waals surface area contributed by atoms with E-state index in [1.807, 2.05) is 0 Å². The summed E-state index contributed by atoms with van der Waals surface area (Å²) in [6.45, 7) is 7.60. The second-order valence-electron chi connectivity index (χ2n) is 7.67. The zero-order valence-corrected chi connectivity index (χ0v) is 13.5. The first-order chi connectivity index (χ1) is 9.84. The first-order valence-electron chi connectivity index (χ1n) is 9.29. The van der Waals surface area contributed by atoms with Gasteiger partial charge in [-0.1, -0.05) is 26.2 Å². The highest BCUT2D eigenvalue weighted by Gasteiger charge is 2.49. The van der Waals surface area contributed by atoms with Crippen molar-refractivity contribution in [3.05, 3.63) is 0 Å². The number of hydrogen-bond donors (Lipinski definition) is 1. The van der Waals surface area contributed by atoms with E-state index in [-0.39, 0.29) is 0 Å². The maximum Gasteiger partial charge on any atom is 0.0152 e. The molecule has 3 aliphatic rings. The van der Waals surface area contributed by atoms with E-state index in [0.29, 0.717) is 0 Å². The Hall–Kier alpha value is -0.0800. The average Bonchev–Trinajstić information content (AvgIpc) is 2.48. The van der Waals surface area contributed by atoms with E-state index in [0.717, 1.165) is 17.4 Å². The quantitative estimate of drug-likeness (QED) is 0.822.